The first-order chi connectivity index (χ1) is 11.3. The largest absolute Gasteiger partial charge is 0.326 e. The van der Waals surface area contributed by atoms with E-state index in [0.29, 0.717) is 18.0 Å². The van der Waals surface area contributed by atoms with Crippen LogP contribution in [0.25, 0.3) is 0 Å². The lowest BCUT2D eigenvalue weighted by molar-refractivity contribution is -0.116. The van der Waals surface area contributed by atoms with Crippen molar-refractivity contribution in [1.29, 1.82) is 5.26 Å². The molecule has 0 aliphatic carbocycles. The van der Waals surface area contributed by atoms with Gasteiger partial charge in [-0.25, -0.2) is 0 Å². The molecule has 1 atom stereocenters. The number of nitriles is 1. The van der Waals surface area contributed by atoms with Crippen LogP contribution in [-0.2, 0) is 4.79 Å². The monoisotopic (exact) mass is 325 g/mol. The third-order valence-electron chi connectivity index (χ3n) is 4.22. The Morgan fingerprint density at radius 3 is 2.87 bits per heavy atom. The van der Waals surface area contributed by atoms with Crippen LogP contribution in [0.15, 0.2) is 41.1 Å². The van der Waals surface area contributed by atoms with Gasteiger partial charge in [0.1, 0.15) is 0 Å². The zero-order valence-corrected chi connectivity index (χ0v) is 13.7. The van der Waals surface area contributed by atoms with E-state index < -0.39 is 0 Å². The lowest BCUT2D eigenvalue weighted by atomic mass is 10.1. The molecule has 118 valence electrons. The predicted molar refractivity (Wildman–Crippen MR) is 92.3 cm³/mol. The van der Waals surface area contributed by atoms with Crippen molar-refractivity contribution in [3.05, 3.63) is 52.2 Å². The minimum Gasteiger partial charge on any atom is -0.326 e. The number of likely N-dealkylation sites (tertiary alicyclic amines) is 1. The van der Waals surface area contributed by atoms with Gasteiger partial charge in [0, 0.05) is 24.7 Å². The number of hydrogen-bond donors (Lipinski definition) is 1. The fraction of sp³-hybridized carbons (Fsp3) is 0.333. The van der Waals surface area contributed by atoms with Crippen LogP contribution in [0.3, 0.4) is 0 Å². The standard InChI is InChI=1S/C18H19N3OS/c19-12-14-3-5-16(6-4-14)20-18(22)7-10-21-9-1-2-17(21)15-8-11-23-13-15/h3-6,8,11,13,17H,1-2,7,9-10H2,(H,20,22). The summed E-state index contributed by atoms with van der Waals surface area (Å²) in [5, 5.41) is 16.0. The Morgan fingerprint density at radius 2 is 2.17 bits per heavy atom. The van der Waals surface area contributed by atoms with E-state index in [2.05, 4.69) is 33.1 Å². The maximum atomic E-state index is 12.1. The van der Waals surface area contributed by atoms with Crippen molar-refractivity contribution in [1.82, 2.24) is 4.90 Å². The van der Waals surface area contributed by atoms with Crippen LogP contribution in [0, 0.1) is 11.3 Å². The molecule has 2 heterocycles. The van der Waals surface area contributed by atoms with Crippen LogP contribution in [-0.4, -0.2) is 23.9 Å². The molecule has 1 N–H and O–H groups in total. The lowest BCUT2D eigenvalue weighted by Gasteiger charge is -2.23. The van der Waals surface area contributed by atoms with E-state index in [0.717, 1.165) is 18.8 Å². The Morgan fingerprint density at radius 1 is 1.35 bits per heavy atom. The van der Waals surface area contributed by atoms with Gasteiger partial charge in [-0.3, -0.25) is 9.69 Å². The van der Waals surface area contributed by atoms with Gasteiger partial charge < -0.3 is 5.32 Å². The third kappa shape index (κ3) is 3.98. The summed E-state index contributed by atoms with van der Waals surface area (Å²) in [7, 11) is 0. The normalized spacial score (nSPS) is 17.8. The number of benzene rings is 1. The van der Waals surface area contributed by atoms with E-state index >= 15 is 0 Å². The summed E-state index contributed by atoms with van der Waals surface area (Å²) in [6.07, 6.45) is 2.85. The van der Waals surface area contributed by atoms with Crippen molar-refractivity contribution in [2.75, 3.05) is 18.4 Å². The molecule has 1 amide bonds. The van der Waals surface area contributed by atoms with Crippen LogP contribution in [0.5, 0.6) is 0 Å². The molecule has 1 aliphatic rings. The third-order valence-corrected chi connectivity index (χ3v) is 4.92. The molecule has 4 nitrogen and oxygen atoms in total. The van der Waals surface area contributed by atoms with Crippen LogP contribution in [0.4, 0.5) is 5.69 Å². The molecule has 5 heteroatoms. The van der Waals surface area contributed by atoms with E-state index in [1.165, 1.54) is 18.4 Å². The summed E-state index contributed by atoms with van der Waals surface area (Å²) in [5.41, 5.74) is 2.71. The van der Waals surface area contributed by atoms with Crippen LogP contribution >= 0.6 is 11.3 Å². The molecule has 1 unspecified atom stereocenters. The molecule has 1 aromatic carbocycles. The zero-order valence-electron chi connectivity index (χ0n) is 12.9. The van der Waals surface area contributed by atoms with Crippen molar-refractivity contribution in [2.45, 2.75) is 25.3 Å². The molecule has 2 aromatic rings. The van der Waals surface area contributed by atoms with E-state index in [-0.39, 0.29) is 5.91 Å². The van der Waals surface area contributed by atoms with E-state index in [1.54, 1.807) is 35.6 Å². The Bertz CT molecular complexity index is 688. The van der Waals surface area contributed by atoms with Crippen molar-refractivity contribution in [3.8, 4) is 6.07 Å². The van der Waals surface area contributed by atoms with Gasteiger partial charge in [0.2, 0.25) is 5.91 Å². The van der Waals surface area contributed by atoms with Crippen LogP contribution in [0.1, 0.15) is 36.4 Å². The van der Waals surface area contributed by atoms with Crippen molar-refractivity contribution in [2.24, 2.45) is 0 Å². The number of hydrogen-bond acceptors (Lipinski definition) is 4. The molecule has 1 saturated heterocycles. The molecule has 0 radical (unpaired) electrons. The Labute approximate surface area is 140 Å². The fourth-order valence-electron chi connectivity index (χ4n) is 3.03. The van der Waals surface area contributed by atoms with Crippen molar-refractivity contribution in [3.63, 3.8) is 0 Å². The first kappa shape index (κ1) is 15.7. The number of carbonyl (C=O) groups excluding carboxylic acids is 1. The van der Waals surface area contributed by atoms with Gasteiger partial charge in [-0.15, -0.1) is 0 Å². The topological polar surface area (TPSA) is 56.1 Å². The SMILES string of the molecule is N#Cc1ccc(NC(=O)CCN2CCCC2c2ccsc2)cc1. The first-order valence-electron chi connectivity index (χ1n) is 7.82. The number of rotatable bonds is 5. The minimum atomic E-state index is 0.0191. The van der Waals surface area contributed by atoms with Gasteiger partial charge in [0.15, 0.2) is 0 Å². The summed E-state index contributed by atoms with van der Waals surface area (Å²) >= 11 is 1.73. The number of amides is 1. The molecule has 1 fully saturated rings. The highest BCUT2D eigenvalue weighted by molar-refractivity contribution is 7.07. The van der Waals surface area contributed by atoms with Gasteiger partial charge in [0.05, 0.1) is 11.6 Å². The van der Waals surface area contributed by atoms with Crippen LogP contribution < -0.4 is 5.32 Å². The van der Waals surface area contributed by atoms with E-state index in [1.807, 2.05) is 0 Å². The molecule has 0 bridgehead atoms. The van der Waals surface area contributed by atoms with Gasteiger partial charge in [-0.05, 0) is 66.0 Å². The Balaban J connectivity index is 1.51. The lowest BCUT2D eigenvalue weighted by Crippen LogP contribution is -2.27. The summed E-state index contributed by atoms with van der Waals surface area (Å²) < 4.78 is 0. The summed E-state index contributed by atoms with van der Waals surface area (Å²) in [6.45, 7) is 1.84. The number of thiophene rings is 1. The van der Waals surface area contributed by atoms with E-state index in [4.69, 9.17) is 5.26 Å². The summed E-state index contributed by atoms with van der Waals surface area (Å²) in [5.74, 6) is 0.0191. The zero-order chi connectivity index (χ0) is 16.1. The Hall–Kier alpha value is -2.16. The second-order valence-electron chi connectivity index (χ2n) is 5.74. The highest BCUT2D eigenvalue weighted by atomic mass is 32.1. The molecule has 0 saturated carbocycles. The average molecular weight is 325 g/mol. The second-order valence-corrected chi connectivity index (χ2v) is 6.52. The molecule has 0 spiro atoms. The molecule has 1 aliphatic heterocycles. The van der Waals surface area contributed by atoms with Crippen molar-refractivity contribution < 1.29 is 4.79 Å². The molecule has 23 heavy (non-hydrogen) atoms. The molecular weight excluding hydrogens is 306 g/mol. The maximum absolute atomic E-state index is 12.1. The average Bonchev–Trinajstić information content (AvgIpc) is 3.24. The molecule has 1 aromatic heterocycles. The number of carbonyl (C=O) groups is 1. The summed E-state index contributed by atoms with van der Waals surface area (Å²) in [4.78, 5) is 14.5. The summed E-state index contributed by atoms with van der Waals surface area (Å²) in [6, 6.07) is 11.7. The molecule has 3 rings (SSSR count). The number of nitrogens with one attached hydrogen (secondary N) is 1. The first-order valence-corrected chi connectivity index (χ1v) is 8.77. The van der Waals surface area contributed by atoms with Gasteiger partial charge in [0.25, 0.3) is 0 Å². The van der Waals surface area contributed by atoms with Crippen LogP contribution in [0.2, 0.25) is 0 Å². The highest BCUT2D eigenvalue weighted by Crippen LogP contribution is 2.32. The second kappa shape index (κ2) is 7.40. The fourth-order valence-corrected chi connectivity index (χ4v) is 3.74. The van der Waals surface area contributed by atoms with E-state index in [9.17, 15) is 4.79 Å². The number of nitrogens with zero attached hydrogens (tertiary/aromatic N) is 2. The molecular formula is C18H19N3OS. The Kier molecular flexibility index (Phi) is 5.06. The number of anilines is 1. The van der Waals surface area contributed by atoms with Crippen molar-refractivity contribution >= 4 is 22.9 Å². The maximum Gasteiger partial charge on any atom is 0.225 e. The van der Waals surface area contributed by atoms with Gasteiger partial charge in [-0.1, -0.05) is 0 Å². The van der Waals surface area contributed by atoms with Gasteiger partial charge in [-0.2, -0.15) is 16.6 Å². The predicted octanol–water partition coefficient (Wildman–Crippen LogP) is 3.79. The highest BCUT2D eigenvalue weighted by Gasteiger charge is 2.26. The smallest absolute Gasteiger partial charge is 0.225 e. The quantitative estimate of drug-likeness (QED) is 0.910. The minimum absolute atomic E-state index is 0.0191. The van der Waals surface area contributed by atoms with Gasteiger partial charge >= 0.3 is 0 Å².